The third kappa shape index (κ3) is 3.82. The summed E-state index contributed by atoms with van der Waals surface area (Å²) in [6.07, 6.45) is 0.652. The molecule has 2 aromatic carbocycles. The highest BCUT2D eigenvalue weighted by molar-refractivity contribution is 6.35. The van der Waals surface area contributed by atoms with Crippen LogP contribution < -0.4 is 5.73 Å². The van der Waals surface area contributed by atoms with Gasteiger partial charge in [-0.1, -0.05) is 59.1 Å². The van der Waals surface area contributed by atoms with Crippen LogP contribution in [0.15, 0.2) is 48.5 Å². The summed E-state index contributed by atoms with van der Waals surface area (Å²) in [5.41, 5.74) is 11.5. The van der Waals surface area contributed by atoms with E-state index in [1.54, 1.807) is 18.2 Å². The second-order valence-corrected chi connectivity index (χ2v) is 6.87. The van der Waals surface area contributed by atoms with Crippen LogP contribution in [-0.2, 0) is 13.0 Å². The molecule has 126 valence electrons. The molecule has 0 aliphatic carbocycles. The SMILES string of the molecule is Cc1ccc(Cc2c(N)cc(C#N)n2Cc2ccc(Cl)cc2Cl)cc1. The van der Waals surface area contributed by atoms with Crippen LogP contribution in [-0.4, -0.2) is 4.57 Å². The van der Waals surface area contributed by atoms with E-state index in [0.29, 0.717) is 34.4 Å². The van der Waals surface area contributed by atoms with Gasteiger partial charge in [0.25, 0.3) is 0 Å². The van der Waals surface area contributed by atoms with E-state index in [1.807, 2.05) is 10.6 Å². The first-order chi connectivity index (χ1) is 12.0. The summed E-state index contributed by atoms with van der Waals surface area (Å²) in [7, 11) is 0. The standard InChI is InChI=1S/C20H17Cl2N3/c1-13-2-4-14(5-3-13)8-20-19(24)10-17(11-23)25(20)12-15-6-7-16(21)9-18(15)22/h2-7,9-10H,8,12,24H2,1H3. The average molecular weight is 370 g/mol. The number of hydrogen-bond donors (Lipinski definition) is 1. The Bertz CT molecular complexity index is 950. The Balaban J connectivity index is 2.00. The summed E-state index contributed by atoms with van der Waals surface area (Å²) in [5.74, 6) is 0. The molecule has 1 heterocycles. The van der Waals surface area contributed by atoms with E-state index < -0.39 is 0 Å². The maximum absolute atomic E-state index is 9.47. The van der Waals surface area contributed by atoms with Crippen molar-refractivity contribution >= 4 is 28.9 Å². The number of aromatic nitrogens is 1. The van der Waals surface area contributed by atoms with Crippen molar-refractivity contribution in [2.45, 2.75) is 19.9 Å². The Labute approximate surface area is 157 Å². The predicted molar refractivity (Wildman–Crippen MR) is 103 cm³/mol. The summed E-state index contributed by atoms with van der Waals surface area (Å²) in [5, 5.41) is 10.6. The van der Waals surface area contributed by atoms with E-state index in [9.17, 15) is 5.26 Å². The van der Waals surface area contributed by atoms with Gasteiger partial charge in [-0.25, -0.2) is 0 Å². The molecule has 25 heavy (non-hydrogen) atoms. The van der Waals surface area contributed by atoms with Gasteiger partial charge in [-0.15, -0.1) is 0 Å². The molecular formula is C20H17Cl2N3. The minimum absolute atomic E-state index is 0.470. The van der Waals surface area contributed by atoms with Gasteiger partial charge >= 0.3 is 0 Å². The predicted octanol–water partition coefficient (Wildman–Crippen LogP) is 5.20. The van der Waals surface area contributed by atoms with Crippen LogP contribution in [0.4, 0.5) is 5.69 Å². The highest BCUT2D eigenvalue weighted by atomic mass is 35.5. The number of hydrogen-bond acceptors (Lipinski definition) is 2. The van der Waals surface area contributed by atoms with Crippen LogP contribution in [0.2, 0.25) is 10.0 Å². The number of benzene rings is 2. The molecule has 0 atom stereocenters. The Morgan fingerprint density at radius 2 is 1.80 bits per heavy atom. The lowest BCUT2D eigenvalue weighted by Gasteiger charge is -2.13. The van der Waals surface area contributed by atoms with Crippen molar-refractivity contribution < 1.29 is 0 Å². The molecule has 0 spiro atoms. The molecule has 0 saturated carbocycles. The topological polar surface area (TPSA) is 54.7 Å². The van der Waals surface area contributed by atoms with Crippen LogP contribution in [0.5, 0.6) is 0 Å². The number of aryl methyl sites for hydroxylation is 1. The average Bonchev–Trinajstić information content (AvgIpc) is 2.88. The van der Waals surface area contributed by atoms with Gasteiger partial charge in [0, 0.05) is 22.2 Å². The third-order valence-corrected chi connectivity index (χ3v) is 4.78. The number of nitriles is 1. The molecule has 0 aliphatic heterocycles. The monoisotopic (exact) mass is 369 g/mol. The normalized spacial score (nSPS) is 10.6. The lowest BCUT2D eigenvalue weighted by atomic mass is 10.1. The first-order valence-electron chi connectivity index (χ1n) is 7.85. The largest absolute Gasteiger partial charge is 0.397 e. The summed E-state index contributed by atoms with van der Waals surface area (Å²) >= 11 is 12.3. The van der Waals surface area contributed by atoms with E-state index in [1.165, 1.54) is 5.56 Å². The molecule has 2 N–H and O–H groups in total. The molecule has 0 radical (unpaired) electrons. The Kier molecular flexibility index (Phi) is 5.03. The van der Waals surface area contributed by atoms with E-state index >= 15 is 0 Å². The minimum Gasteiger partial charge on any atom is -0.397 e. The van der Waals surface area contributed by atoms with Crippen molar-refractivity contribution in [3.05, 3.63) is 86.7 Å². The second kappa shape index (κ2) is 7.23. The van der Waals surface area contributed by atoms with Gasteiger partial charge in [-0.2, -0.15) is 5.26 Å². The molecule has 3 aromatic rings. The van der Waals surface area contributed by atoms with E-state index in [-0.39, 0.29) is 0 Å². The lowest BCUT2D eigenvalue weighted by molar-refractivity contribution is 0.749. The third-order valence-electron chi connectivity index (χ3n) is 4.19. The van der Waals surface area contributed by atoms with Crippen molar-refractivity contribution in [3.8, 4) is 6.07 Å². The van der Waals surface area contributed by atoms with Crippen LogP contribution in [0.1, 0.15) is 28.1 Å². The number of nitrogens with zero attached hydrogens (tertiary/aromatic N) is 2. The van der Waals surface area contributed by atoms with Crippen LogP contribution in [0.3, 0.4) is 0 Å². The van der Waals surface area contributed by atoms with Gasteiger partial charge in [-0.3, -0.25) is 0 Å². The molecule has 1 aromatic heterocycles. The molecular weight excluding hydrogens is 353 g/mol. The van der Waals surface area contributed by atoms with Gasteiger partial charge < -0.3 is 10.3 Å². The molecule has 3 nitrogen and oxygen atoms in total. The molecule has 0 unspecified atom stereocenters. The maximum Gasteiger partial charge on any atom is 0.122 e. The highest BCUT2D eigenvalue weighted by Gasteiger charge is 2.15. The first-order valence-corrected chi connectivity index (χ1v) is 8.61. The fourth-order valence-electron chi connectivity index (χ4n) is 2.80. The zero-order chi connectivity index (χ0) is 18.0. The zero-order valence-electron chi connectivity index (χ0n) is 13.8. The van der Waals surface area contributed by atoms with Gasteiger partial charge in [0.05, 0.1) is 12.2 Å². The van der Waals surface area contributed by atoms with Gasteiger partial charge in [0.15, 0.2) is 0 Å². The molecule has 5 heteroatoms. The van der Waals surface area contributed by atoms with Crippen molar-refractivity contribution in [1.29, 1.82) is 5.26 Å². The lowest BCUT2D eigenvalue weighted by Crippen LogP contribution is -2.09. The van der Waals surface area contributed by atoms with Crippen LogP contribution in [0.25, 0.3) is 0 Å². The fraction of sp³-hybridized carbons (Fsp3) is 0.150. The Hall–Kier alpha value is -2.41. The van der Waals surface area contributed by atoms with E-state index in [2.05, 4.69) is 37.3 Å². The van der Waals surface area contributed by atoms with Gasteiger partial charge in [0.2, 0.25) is 0 Å². The van der Waals surface area contributed by atoms with Crippen molar-refractivity contribution in [1.82, 2.24) is 4.57 Å². The van der Waals surface area contributed by atoms with Crippen molar-refractivity contribution in [2.75, 3.05) is 5.73 Å². The molecule has 0 bridgehead atoms. The first kappa shape index (κ1) is 17.4. The molecule has 0 fully saturated rings. The van der Waals surface area contributed by atoms with Gasteiger partial charge in [-0.05, 0) is 36.2 Å². The smallest absolute Gasteiger partial charge is 0.122 e. The quantitative estimate of drug-likeness (QED) is 0.687. The minimum atomic E-state index is 0.470. The number of rotatable bonds is 4. The summed E-state index contributed by atoms with van der Waals surface area (Å²) in [4.78, 5) is 0. The number of halogens is 2. The van der Waals surface area contributed by atoms with Crippen LogP contribution >= 0.6 is 23.2 Å². The summed E-state index contributed by atoms with van der Waals surface area (Å²) in [6, 6.07) is 17.6. The van der Waals surface area contributed by atoms with Crippen LogP contribution in [0, 0.1) is 18.3 Å². The molecule has 0 aliphatic rings. The molecule has 0 amide bonds. The van der Waals surface area contributed by atoms with E-state index in [0.717, 1.165) is 16.8 Å². The molecule has 0 saturated heterocycles. The zero-order valence-corrected chi connectivity index (χ0v) is 15.3. The second-order valence-electron chi connectivity index (χ2n) is 6.03. The number of anilines is 1. The molecule has 3 rings (SSSR count). The van der Waals surface area contributed by atoms with Crippen molar-refractivity contribution in [3.63, 3.8) is 0 Å². The Morgan fingerprint density at radius 1 is 1.08 bits per heavy atom. The van der Waals surface area contributed by atoms with Gasteiger partial charge in [0.1, 0.15) is 11.8 Å². The Morgan fingerprint density at radius 3 is 2.44 bits per heavy atom. The number of nitrogens with two attached hydrogens (primary N) is 1. The number of nitrogen functional groups attached to an aromatic ring is 1. The fourth-order valence-corrected chi connectivity index (χ4v) is 3.27. The van der Waals surface area contributed by atoms with Crippen molar-refractivity contribution in [2.24, 2.45) is 0 Å². The van der Waals surface area contributed by atoms with E-state index in [4.69, 9.17) is 28.9 Å². The summed E-state index contributed by atoms with van der Waals surface area (Å²) in [6.45, 7) is 2.52. The summed E-state index contributed by atoms with van der Waals surface area (Å²) < 4.78 is 1.92. The maximum atomic E-state index is 9.47. The highest BCUT2D eigenvalue weighted by Crippen LogP contribution is 2.27.